The van der Waals surface area contributed by atoms with E-state index >= 15 is 0 Å². The Labute approximate surface area is 112 Å². The van der Waals surface area contributed by atoms with Crippen molar-refractivity contribution in [2.45, 2.75) is 45.4 Å². The highest BCUT2D eigenvalue weighted by Gasteiger charge is 2.30. The van der Waals surface area contributed by atoms with E-state index in [1.54, 1.807) is 0 Å². The van der Waals surface area contributed by atoms with E-state index in [4.69, 9.17) is 5.26 Å². The molecule has 0 radical (unpaired) electrons. The van der Waals surface area contributed by atoms with Crippen LogP contribution >= 0.6 is 12.6 Å². The molecule has 0 amide bonds. The van der Waals surface area contributed by atoms with Crippen LogP contribution in [0.25, 0.3) is 0 Å². The Morgan fingerprint density at radius 3 is 2.35 bits per heavy atom. The molecule has 1 aliphatic rings. The van der Waals surface area contributed by atoms with Gasteiger partial charge < -0.3 is 4.90 Å². The average Bonchev–Trinajstić information content (AvgIpc) is 2.55. The average molecular weight is 254 g/mol. The summed E-state index contributed by atoms with van der Waals surface area (Å²) < 4.78 is 0. The molecule has 1 rings (SSSR count). The van der Waals surface area contributed by atoms with Crippen molar-refractivity contribution in [1.82, 2.24) is 4.90 Å². The fourth-order valence-electron chi connectivity index (χ4n) is 2.99. The van der Waals surface area contributed by atoms with Crippen molar-refractivity contribution in [2.24, 2.45) is 11.3 Å². The molecule has 98 valence electrons. The summed E-state index contributed by atoms with van der Waals surface area (Å²) in [6.07, 6.45) is 8.08. The molecule has 0 bridgehead atoms. The van der Waals surface area contributed by atoms with Crippen LogP contribution in [0, 0.1) is 22.7 Å². The number of thiol groups is 1. The second kappa shape index (κ2) is 7.28. The van der Waals surface area contributed by atoms with Gasteiger partial charge in [-0.25, -0.2) is 0 Å². The minimum absolute atomic E-state index is 0.128. The molecule has 0 spiro atoms. The first-order chi connectivity index (χ1) is 8.12. The van der Waals surface area contributed by atoms with Gasteiger partial charge in [-0.15, -0.1) is 0 Å². The first-order valence-electron chi connectivity index (χ1n) is 6.81. The van der Waals surface area contributed by atoms with Crippen molar-refractivity contribution < 1.29 is 0 Å². The SMILES string of the molecule is CC(C#N)CN(C)CC1(CS)CCCCCC1. The van der Waals surface area contributed by atoms with E-state index in [0.717, 1.165) is 18.8 Å². The fourth-order valence-corrected chi connectivity index (χ4v) is 3.41. The van der Waals surface area contributed by atoms with Crippen LogP contribution in [0.3, 0.4) is 0 Å². The summed E-state index contributed by atoms with van der Waals surface area (Å²) in [5.41, 5.74) is 0.392. The van der Waals surface area contributed by atoms with Gasteiger partial charge in [0, 0.05) is 13.1 Å². The molecule has 0 saturated heterocycles. The van der Waals surface area contributed by atoms with Gasteiger partial charge in [-0.2, -0.15) is 17.9 Å². The van der Waals surface area contributed by atoms with Crippen molar-refractivity contribution in [3.63, 3.8) is 0 Å². The highest BCUT2D eigenvalue weighted by Crippen LogP contribution is 2.36. The van der Waals surface area contributed by atoms with Crippen LogP contribution in [0.4, 0.5) is 0 Å². The minimum Gasteiger partial charge on any atom is -0.304 e. The maximum atomic E-state index is 8.86. The standard InChI is InChI=1S/C14H26N2S/c1-13(9-15)10-16(2)11-14(12-17)7-5-3-4-6-8-14/h13,17H,3-8,10-12H2,1-2H3. The largest absolute Gasteiger partial charge is 0.304 e. The zero-order valence-corrected chi connectivity index (χ0v) is 12.2. The molecule has 0 aromatic heterocycles. The van der Waals surface area contributed by atoms with Gasteiger partial charge in [0.25, 0.3) is 0 Å². The maximum absolute atomic E-state index is 8.86. The predicted octanol–water partition coefficient (Wildman–Crippen LogP) is 3.35. The Bertz CT molecular complexity index is 251. The first kappa shape index (κ1) is 14.9. The molecule has 1 saturated carbocycles. The van der Waals surface area contributed by atoms with E-state index in [2.05, 4.69) is 30.6 Å². The van der Waals surface area contributed by atoms with Gasteiger partial charge in [0.1, 0.15) is 0 Å². The number of hydrogen-bond donors (Lipinski definition) is 1. The summed E-state index contributed by atoms with van der Waals surface area (Å²) in [5.74, 6) is 1.11. The van der Waals surface area contributed by atoms with Crippen LogP contribution < -0.4 is 0 Å². The fraction of sp³-hybridized carbons (Fsp3) is 0.929. The van der Waals surface area contributed by atoms with E-state index < -0.39 is 0 Å². The second-order valence-electron chi connectivity index (χ2n) is 5.80. The summed E-state index contributed by atoms with van der Waals surface area (Å²) in [5, 5.41) is 8.86. The molecule has 1 aliphatic carbocycles. The molecular weight excluding hydrogens is 228 g/mol. The van der Waals surface area contributed by atoms with E-state index in [0.29, 0.717) is 5.41 Å². The first-order valence-corrected chi connectivity index (χ1v) is 7.44. The third kappa shape index (κ3) is 4.89. The number of rotatable bonds is 5. The van der Waals surface area contributed by atoms with E-state index in [-0.39, 0.29) is 5.92 Å². The smallest absolute Gasteiger partial charge is 0.0666 e. The second-order valence-corrected chi connectivity index (χ2v) is 6.12. The molecule has 2 nitrogen and oxygen atoms in total. The highest BCUT2D eigenvalue weighted by molar-refractivity contribution is 7.80. The topological polar surface area (TPSA) is 27.0 Å². The van der Waals surface area contributed by atoms with Crippen molar-refractivity contribution >= 4 is 12.6 Å². The maximum Gasteiger partial charge on any atom is 0.0666 e. The molecule has 0 aliphatic heterocycles. The van der Waals surface area contributed by atoms with E-state index in [1.807, 2.05) is 6.92 Å². The molecule has 0 aromatic carbocycles. The molecule has 1 fully saturated rings. The van der Waals surface area contributed by atoms with Gasteiger partial charge in [0.05, 0.1) is 12.0 Å². The minimum atomic E-state index is 0.128. The lowest BCUT2D eigenvalue weighted by Gasteiger charge is -2.35. The number of hydrogen-bond acceptors (Lipinski definition) is 3. The van der Waals surface area contributed by atoms with Crippen LogP contribution in [0.15, 0.2) is 0 Å². The Hall–Kier alpha value is -0.200. The van der Waals surface area contributed by atoms with E-state index in [1.165, 1.54) is 38.5 Å². The molecule has 0 heterocycles. The number of nitrogens with zero attached hydrogens (tertiary/aromatic N) is 2. The van der Waals surface area contributed by atoms with Gasteiger partial charge in [0.2, 0.25) is 0 Å². The Morgan fingerprint density at radius 1 is 1.29 bits per heavy atom. The van der Waals surface area contributed by atoms with Gasteiger partial charge in [-0.05, 0) is 38.0 Å². The molecule has 1 atom stereocenters. The quantitative estimate of drug-likeness (QED) is 0.602. The molecule has 0 N–H and O–H groups in total. The predicted molar refractivity (Wildman–Crippen MR) is 76.3 cm³/mol. The Morgan fingerprint density at radius 2 is 1.88 bits per heavy atom. The zero-order chi connectivity index (χ0) is 12.7. The molecule has 3 heteroatoms. The zero-order valence-electron chi connectivity index (χ0n) is 11.3. The molecule has 1 unspecified atom stereocenters. The molecule has 0 aromatic rings. The molecular formula is C14H26N2S. The van der Waals surface area contributed by atoms with Crippen molar-refractivity contribution in [2.75, 3.05) is 25.9 Å². The Balaban J connectivity index is 2.52. The van der Waals surface area contributed by atoms with Crippen LogP contribution in [-0.2, 0) is 0 Å². The highest BCUT2D eigenvalue weighted by atomic mass is 32.1. The summed E-state index contributed by atoms with van der Waals surface area (Å²) in [7, 11) is 2.14. The summed E-state index contributed by atoms with van der Waals surface area (Å²) in [6, 6.07) is 2.32. The van der Waals surface area contributed by atoms with Crippen molar-refractivity contribution in [3.05, 3.63) is 0 Å². The normalized spacial score (nSPS) is 21.8. The van der Waals surface area contributed by atoms with Crippen LogP contribution in [0.5, 0.6) is 0 Å². The lowest BCUT2D eigenvalue weighted by atomic mass is 9.81. The van der Waals surface area contributed by atoms with Gasteiger partial charge in [0.15, 0.2) is 0 Å². The van der Waals surface area contributed by atoms with Crippen LogP contribution in [0.1, 0.15) is 45.4 Å². The summed E-state index contributed by atoms with van der Waals surface area (Å²) in [6.45, 7) is 3.98. The molecule has 17 heavy (non-hydrogen) atoms. The lowest BCUT2D eigenvalue weighted by Crippen LogP contribution is -2.38. The van der Waals surface area contributed by atoms with Gasteiger partial charge in [-0.1, -0.05) is 25.7 Å². The van der Waals surface area contributed by atoms with Crippen molar-refractivity contribution in [1.29, 1.82) is 5.26 Å². The van der Waals surface area contributed by atoms with Gasteiger partial charge in [-0.3, -0.25) is 0 Å². The van der Waals surface area contributed by atoms with Crippen LogP contribution in [-0.4, -0.2) is 30.8 Å². The van der Waals surface area contributed by atoms with E-state index in [9.17, 15) is 0 Å². The lowest BCUT2D eigenvalue weighted by molar-refractivity contribution is 0.168. The van der Waals surface area contributed by atoms with Gasteiger partial charge >= 0.3 is 0 Å². The summed E-state index contributed by atoms with van der Waals surface area (Å²) in [4.78, 5) is 2.33. The third-order valence-corrected chi connectivity index (χ3v) is 4.58. The monoisotopic (exact) mass is 254 g/mol. The Kier molecular flexibility index (Phi) is 6.37. The number of nitriles is 1. The van der Waals surface area contributed by atoms with Crippen molar-refractivity contribution in [3.8, 4) is 6.07 Å². The summed E-state index contributed by atoms with van der Waals surface area (Å²) >= 11 is 4.59. The third-order valence-electron chi connectivity index (χ3n) is 3.91. The van der Waals surface area contributed by atoms with Crippen LogP contribution in [0.2, 0.25) is 0 Å².